The number of anilines is 3. The summed E-state index contributed by atoms with van der Waals surface area (Å²) in [5.74, 6) is 1.71. The number of methoxy groups -OCH3 is 1. The smallest absolute Gasteiger partial charge is 0.228 e. The van der Waals surface area contributed by atoms with E-state index in [2.05, 4.69) is 26.3 Å². The van der Waals surface area contributed by atoms with E-state index in [4.69, 9.17) is 4.74 Å². The molecule has 3 aromatic rings. The molecule has 1 saturated heterocycles. The number of carbonyl (C=O) groups excluding carboxylic acids is 1. The van der Waals surface area contributed by atoms with Crippen molar-refractivity contribution in [2.24, 2.45) is 0 Å². The summed E-state index contributed by atoms with van der Waals surface area (Å²) in [6.07, 6.45) is 2.05. The highest BCUT2D eigenvalue weighted by Crippen LogP contribution is 2.23. The van der Waals surface area contributed by atoms with Crippen LogP contribution in [0.2, 0.25) is 0 Å². The van der Waals surface area contributed by atoms with E-state index < -0.39 is 0 Å². The molecule has 29 heavy (non-hydrogen) atoms. The van der Waals surface area contributed by atoms with Gasteiger partial charge in [0.1, 0.15) is 11.6 Å². The van der Waals surface area contributed by atoms with Gasteiger partial charge in [0.2, 0.25) is 5.91 Å². The average Bonchev–Trinajstić information content (AvgIpc) is 3.21. The molecule has 7 nitrogen and oxygen atoms in total. The maximum Gasteiger partial charge on any atom is 0.228 e. The molecule has 0 unspecified atom stereocenters. The van der Waals surface area contributed by atoms with Gasteiger partial charge in [0, 0.05) is 49.5 Å². The summed E-state index contributed by atoms with van der Waals surface area (Å²) < 4.78 is 5.30. The molecule has 0 spiro atoms. The van der Waals surface area contributed by atoms with E-state index in [-0.39, 0.29) is 5.91 Å². The highest BCUT2D eigenvalue weighted by molar-refractivity contribution is 7.13. The summed E-state index contributed by atoms with van der Waals surface area (Å²) in [5, 5.41) is 5.84. The first-order valence-electron chi connectivity index (χ1n) is 9.50. The van der Waals surface area contributed by atoms with E-state index in [0.717, 1.165) is 41.2 Å². The lowest BCUT2D eigenvalue weighted by atomic mass is 10.2. The van der Waals surface area contributed by atoms with E-state index in [9.17, 15) is 4.79 Å². The lowest BCUT2D eigenvalue weighted by Gasteiger charge is -2.36. The number of nitrogens with one attached hydrogen (secondary N) is 1. The number of piperazine rings is 1. The molecule has 4 rings (SSSR count). The summed E-state index contributed by atoms with van der Waals surface area (Å²) in [7, 11) is 1.67. The van der Waals surface area contributed by atoms with Gasteiger partial charge >= 0.3 is 0 Å². The van der Waals surface area contributed by atoms with Gasteiger partial charge in [-0.05, 0) is 24.3 Å². The molecule has 8 heteroatoms. The second-order valence-electron chi connectivity index (χ2n) is 6.73. The Hall–Kier alpha value is -3.13. The summed E-state index contributed by atoms with van der Waals surface area (Å²) in [6, 6.07) is 13.7. The summed E-state index contributed by atoms with van der Waals surface area (Å²) in [6.45, 7) is 3.03. The lowest BCUT2D eigenvalue weighted by molar-refractivity contribution is -0.130. The Labute approximate surface area is 174 Å². The van der Waals surface area contributed by atoms with Crippen molar-refractivity contribution < 1.29 is 9.53 Å². The molecule has 0 atom stereocenters. The lowest BCUT2D eigenvalue weighted by Crippen LogP contribution is -2.49. The minimum absolute atomic E-state index is 0.116. The Morgan fingerprint density at radius 3 is 2.79 bits per heavy atom. The second-order valence-corrected chi connectivity index (χ2v) is 7.59. The predicted molar refractivity (Wildman–Crippen MR) is 115 cm³/mol. The molecule has 0 aliphatic carbocycles. The molecule has 1 aromatic carbocycles. The monoisotopic (exact) mass is 409 g/mol. The molecule has 1 fully saturated rings. The number of hydrogen-bond acceptors (Lipinski definition) is 7. The SMILES string of the molecule is COc1cccc(N2CCN(C(=O)Cc3csc(Nc4ccccn4)n3)CC2)c1. The van der Waals surface area contributed by atoms with Crippen molar-refractivity contribution in [1.29, 1.82) is 0 Å². The summed E-state index contributed by atoms with van der Waals surface area (Å²) in [4.78, 5) is 25.6. The van der Waals surface area contributed by atoms with Gasteiger partial charge in [-0.15, -0.1) is 11.3 Å². The van der Waals surface area contributed by atoms with E-state index in [1.807, 2.05) is 46.7 Å². The molecule has 150 valence electrons. The standard InChI is InChI=1S/C21H23N5O2S/c1-28-18-6-4-5-17(14-18)25-9-11-26(12-10-25)20(27)13-16-15-29-21(23-16)24-19-7-2-3-8-22-19/h2-8,14-15H,9-13H2,1H3,(H,22,23,24). The summed E-state index contributed by atoms with van der Waals surface area (Å²) in [5.41, 5.74) is 1.91. The Kier molecular flexibility index (Phi) is 5.90. The van der Waals surface area contributed by atoms with Gasteiger partial charge in [0.05, 0.1) is 19.2 Å². The topological polar surface area (TPSA) is 70.6 Å². The van der Waals surface area contributed by atoms with Crippen LogP contribution >= 0.6 is 11.3 Å². The van der Waals surface area contributed by atoms with Crippen LogP contribution in [-0.4, -0.2) is 54.1 Å². The number of carbonyl (C=O) groups is 1. The Morgan fingerprint density at radius 2 is 2.03 bits per heavy atom. The van der Waals surface area contributed by atoms with E-state index >= 15 is 0 Å². The number of benzene rings is 1. The minimum atomic E-state index is 0.116. The van der Waals surface area contributed by atoms with Crippen molar-refractivity contribution in [3.8, 4) is 5.75 Å². The normalized spacial score (nSPS) is 14.0. The number of nitrogens with zero attached hydrogens (tertiary/aromatic N) is 4. The van der Waals surface area contributed by atoms with Crippen molar-refractivity contribution in [1.82, 2.24) is 14.9 Å². The molecule has 1 amide bonds. The van der Waals surface area contributed by atoms with Gasteiger partial charge in [0.15, 0.2) is 5.13 Å². The molecule has 1 N–H and O–H groups in total. The second kappa shape index (κ2) is 8.91. The zero-order valence-corrected chi connectivity index (χ0v) is 17.1. The van der Waals surface area contributed by atoms with Gasteiger partial charge in [-0.25, -0.2) is 9.97 Å². The molecule has 2 aromatic heterocycles. The van der Waals surface area contributed by atoms with Crippen LogP contribution < -0.4 is 15.0 Å². The molecular weight excluding hydrogens is 386 g/mol. The number of pyridine rings is 1. The Bertz CT molecular complexity index is 954. The average molecular weight is 410 g/mol. The number of amides is 1. The maximum atomic E-state index is 12.7. The summed E-state index contributed by atoms with van der Waals surface area (Å²) >= 11 is 1.48. The van der Waals surface area contributed by atoms with Crippen LogP contribution in [0.3, 0.4) is 0 Å². The maximum absolute atomic E-state index is 12.7. The van der Waals surface area contributed by atoms with Crippen LogP contribution in [0.4, 0.5) is 16.6 Å². The van der Waals surface area contributed by atoms with Gasteiger partial charge in [-0.3, -0.25) is 4.79 Å². The first-order chi connectivity index (χ1) is 14.2. The molecule has 0 bridgehead atoms. The van der Waals surface area contributed by atoms with E-state index in [0.29, 0.717) is 19.5 Å². The van der Waals surface area contributed by atoms with Crippen LogP contribution in [0.1, 0.15) is 5.69 Å². The fourth-order valence-corrected chi connectivity index (χ4v) is 4.00. The fourth-order valence-electron chi connectivity index (χ4n) is 3.28. The minimum Gasteiger partial charge on any atom is -0.497 e. The number of ether oxygens (including phenoxy) is 1. The fraction of sp³-hybridized carbons (Fsp3) is 0.286. The quantitative estimate of drug-likeness (QED) is 0.674. The third kappa shape index (κ3) is 4.83. The van der Waals surface area contributed by atoms with Crippen LogP contribution in [0, 0.1) is 0 Å². The van der Waals surface area contributed by atoms with Crippen molar-refractivity contribution in [3.05, 3.63) is 59.7 Å². The number of aromatic nitrogens is 2. The number of hydrogen-bond donors (Lipinski definition) is 1. The van der Waals surface area contributed by atoms with Crippen molar-refractivity contribution in [2.45, 2.75) is 6.42 Å². The Morgan fingerprint density at radius 1 is 1.17 bits per heavy atom. The number of thiazole rings is 1. The van der Waals surface area contributed by atoms with Gasteiger partial charge in [-0.2, -0.15) is 0 Å². The van der Waals surface area contributed by atoms with Crippen LogP contribution in [0.15, 0.2) is 54.0 Å². The van der Waals surface area contributed by atoms with Gasteiger partial charge < -0.3 is 19.9 Å². The van der Waals surface area contributed by atoms with Crippen LogP contribution in [-0.2, 0) is 11.2 Å². The van der Waals surface area contributed by atoms with E-state index in [1.54, 1.807) is 13.3 Å². The number of rotatable bonds is 6. The van der Waals surface area contributed by atoms with Gasteiger partial charge in [0.25, 0.3) is 0 Å². The first kappa shape index (κ1) is 19.2. The molecular formula is C21H23N5O2S. The molecule has 3 heterocycles. The highest BCUT2D eigenvalue weighted by Gasteiger charge is 2.22. The van der Waals surface area contributed by atoms with Crippen LogP contribution in [0.5, 0.6) is 5.75 Å². The third-order valence-corrected chi connectivity index (χ3v) is 5.64. The largest absolute Gasteiger partial charge is 0.497 e. The zero-order valence-electron chi connectivity index (χ0n) is 16.2. The van der Waals surface area contributed by atoms with E-state index in [1.165, 1.54) is 11.3 Å². The molecule has 1 aliphatic heterocycles. The molecule has 0 radical (unpaired) electrons. The van der Waals surface area contributed by atoms with Gasteiger partial charge in [-0.1, -0.05) is 12.1 Å². The van der Waals surface area contributed by atoms with Crippen molar-refractivity contribution in [3.63, 3.8) is 0 Å². The Balaban J connectivity index is 1.30. The van der Waals surface area contributed by atoms with Crippen LogP contribution in [0.25, 0.3) is 0 Å². The van der Waals surface area contributed by atoms with Crippen molar-refractivity contribution in [2.75, 3.05) is 43.5 Å². The third-order valence-electron chi connectivity index (χ3n) is 4.83. The zero-order chi connectivity index (χ0) is 20.1. The molecule has 1 aliphatic rings. The van der Waals surface area contributed by atoms with Crippen molar-refractivity contribution >= 4 is 33.9 Å². The predicted octanol–water partition coefficient (Wildman–Crippen LogP) is 3.18. The highest BCUT2D eigenvalue weighted by atomic mass is 32.1. The first-order valence-corrected chi connectivity index (χ1v) is 10.4. The molecule has 0 saturated carbocycles.